The molecule has 1 aromatic carbocycles. The van der Waals surface area contributed by atoms with Crippen molar-refractivity contribution in [1.82, 2.24) is 0 Å². The summed E-state index contributed by atoms with van der Waals surface area (Å²) in [6.45, 7) is 16.6. The Morgan fingerprint density at radius 1 is 0.935 bits per heavy atom. The fourth-order valence-corrected chi connectivity index (χ4v) is 5.83. The van der Waals surface area contributed by atoms with E-state index in [1.807, 2.05) is 13.8 Å². The fraction of sp³-hybridized carbons (Fsp3) is 0.640. The monoisotopic (exact) mass is 452 g/mol. The van der Waals surface area contributed by atoms with Crippen LogP contribution in [0.25, 0.3) is 6.08 Å². The first-order valence-corrected chi connectivity index (χ1v) is 12.4. The van der Waals surface area contributed by atoms with Crippen molar-refractivity contribution in [2.45, 2.75) is 84.2 Å². The van der Waals surface area contributed by atoms with Crippen LogP contribution in [-0.4, -0.2) is 32.3 Å². The van der Waals surface area contributed by atoms with E-state index in [-0.39, 0.29) is 16.6 Å². The Hall–Kier alpha value is -1.42. The van der Waals surface area contributed by atoms with E-state index in [1.54, 1.807) is 13.2 Å². The molecule has 0 radical (unpaired) electrons. The summed E-state index contributed by atoms with van der Waals surface area (Å²) in [6, 6.07) is 4.24. The van der Waals surface area contributed by atoms with Gasteiger partial charge < -0.3 is 13.8 Å². The number of hydrogen-bond donors (Lipinski definition) is 0. The van der Waals surface area contributed by atoms with Crippen LogP contribution in [0.2, 0.25) is 0 Å². The fourth-order valence-electron chi connectivity index (χ4n) is 3.86. The van der Waals surface area contributed by atoms with Crippen molar-refractivity contribution in [3.05, 3.63) is 34.9 Å². The Kier molecular flexibility index (Phi) is 8.93. The SMILES string of the molecule is CCC(CC)(C(=O)C=Cc1cc(C(C)(C)C)cc(C(C)(C)C)c1OC)P(=O)(OC)OC. The first-order chi connectivity index (χ1) is 14.2. The van der Waals surface area contributed by atoms with E-state index >= 15 is 0 Å². The molecule has 6 heteroatoms. The smallest absolute Gasteiger partial charge is 0.343 e. The quantitative estimate of drug-likeness (QED) is 0.301. The van der Waals surface area contributed by atoms with E-state index in [9.17, 15) is 9.36 Å². The summed E-state index contributed by atoms with van der Waals surface area (Å²) in [5.74, 6) is 0.467. The van der Waals surface area contributed by atoms with Crippen LogP contribution in [0, 0.1) is 0 Å². The minimum atomic E-state index is -3.62. The molecule has 0 fully saturated rings. The van der Waals surface area contributed by atoms with Gasteiger partial charge >= 0.3 is 7.60 Å². The van der Waals surface area contributed by atoms with Gasteiger partial charge in [0.15, 0.2) is 5.78 Å². The zero-order valence-corrected chi connectivity index (χ0v) is 22.1. The normalized spacial score (nSPS) is 13.6. The van der Waals surface area contributed by atoms with Gasteiger partial charge in [-0.1, -0.05) is 61.5 Å². The molecule has 1 rings (SSSR count). The average Bonchev–Trinajstić information content (AvgIpc) is 2.70. The molecule has 0 atom stereocenters. The zero-order valence-electron chi connectivity index (χ0n) is 21.2. The highest BCUT2D eigenvalue weighted by atomic mass is 31.2. The predicted molar refractivity (Wildman–Crippen MR) is 129 cm³/mol. The van der Waals surface area contributed by atoms with Crippen LogP contribution in [0.1, 0.15) is 84.9 Å². The summed E-state index contributed by atoms with van der Waals surface area (Å²) in [7, 11) is 0.675. The largest absolute Gasteiger partial charge is 0.496 e. The number of carbonyl (C=O) groups is 1. The number of benzene rings is 1. The van der Waals surface area contributed by atoms with Gasteiger partial charge in [-0.3, -0.25) is 9.36 Å². The molecular weight excluding hydrogens is 411 g/mol. The summed E-state index contributed by atoms with van der Waals surface area (Å²) in [6.07, 6.45) is 3.95. The summed E-state index contributed by atoms with van der Waals surface area (Å²) < 4.78 is 29.5. The topological polar surface area (TPSA) is 61.8 Å². The Morgan fingerprint density at radius 3 is 1.81 bits per heavy atom. The maximum atomic E-state index is 13.4. The van der Waals surface area contributed by atoms with Gasteiger partial charge in [-0.2, -0.15) is 0 Å². The Bertz CT molecular complexity index is 844. The molecule has 0 saturated carbocycles. The molecule has 1 aromatic rings. The van der Waals surface area contributed by atoms with Crippen LogP contribution in [0.4, 0.5) is 0 Å². The Labute approximate surface area is 189 Å². The first-order valence-electron chi connectivity index (χ1n) is 10.8. The second kappa shape index (κ2) is 10.0. The van der Waals surface area contributed by atoms with Crippen molar-refractivity contribution in [1.29, 1.82) is 0 Å². The third-order valence-electron chi connectivity index (χ3n) is 6.04. The number of rotatable bonds is 9. The lowest BCUT2D eigenvalue weighted by molar-refractivity contribution is -0.117. The molecule has 0 spiro atoms. The minimum absolute atomic E-state index is 0.0722. The van der Waals surface area contributed by atoms with Crippen molar-refractivity contribution in [2.75, 3.05) is 21.3 Å². The molecule has 0 aliphatic carbocycles. The van der Waals surface area contributed by atoms with Crippen LogP contribution >= 0.6 is 7.60 Å². The molecule has 5 nitrogen and oxygen atoms in total. The van der Waals surface area contributed by atoms with Gasteiger partial charge in [0.2, 0.25) is 0 Å². The minimum Gasteiger partial charge on any atom is -0.496 e. The van der Waals surface area contributed by atoms with Crippen molar-refractivity contribution in [3.63, 3.8) is 0 Å². The van der Waals surface area contributed by atoms with E-state index in [0.717, 1.165) is 22.4 Å². The second-order valence-electron chi connectivity index (χ2n) is 9.95. The van der Waals surface area contributed by atoms with Crippen LogP contribution in [0.3, 0.4) is 0 Å². The summed E-state index contributed by atoms with van der Waals surface area (Å²) >= 11 is 0. The van der Waals surface area contributed by atoms with Gasteiger partial charge in [0, 0.05) is 25.3 Å². The molecule has 176 valence electrons. The van der Waals surface area contributed by atoms with E-state index in [2.05, 4.69) is 53.7 Å². The van der Waals surface area contributed by atoms with Crippen molar-refractivity contribution in [3.8, 4) is 5.75 Å². The molecule has 0 saturated heterocycles. The van der Waals surface area contributed by atoms with E-state index < -0.39 is 12.8 Å². The highest BCUT2D eigenvalue weighted by Crippen LogP contribution is 2.62. The van der Waals surface area contributed by atoms with Crippen molar-refractivity contribution >= 4 is 19.5 Å². The van der Waals surface area contributed by atoms with Gasteiger partial charge in [-0.25, -0.2) is 0 Å². The Morgan fingerprint density at radius 2 is 1.45 bits per heavy atom. The highest BCUT2D eigenvalue weighted by Gasteiger charge is 2.52. The van der Waals surface area contributed by atoms with Gasteiger partial charge in [-0.15, -0.1) is 0 Å². The number of methoxy groups -OCH3 is 1. The van der Waals surface area contributed by atoms with Crippen LogP contribution in [0.5, 0.6) is 5.75 Å². The second-order valence-corrected chi connectivity index (χ2v) is 12.5. The van der Waals surface area contributed by atoms with Gasteiger partial charge in [-0.05, 0) is 47.5 Å². The number of hydrogen-bond acceptors (Lipinski definition) is 5. The lowest BCUT2D eigenvalue weighted by Crippen LogP contribution is -2.37. The molecular formula is C25H41O5P. The molecule has 0 bridgehead atoms. The van der Waals surface area contributed by atoms with Crippen LogP contribution in [0.15, 0.2) is 18.2 Å². The molecule has 0 aliphatic heterocycles. The summed E-state index contributed by atoms with van der Waals surface area (Å²) in [5, 5.41) is -1.23. The van der Waals surface area contributed by atoms with Gasteiger partial charge in [0.05, 0.1) is 7.11 Å². The number of carbonyl (C=O) groups excluding carboxylic acids is 1. The van der Waals surface area contributed by atoms with Crippen molar-refractivity contribution in [2.24, 2.45) is 0 Å². The van der Waals surface area contributed by atoms with Crippen LogP contribution < -0.4 is 4.74 Å². The summed E-state index contributed by atoms with van der Waals surface area (Å²) in [4.78, 5) is 13.4. The first kappa shape index (κ1) is 27.6. The van der Waals surface area contributed by atoms with E-state index in [1.165, 1.54) is 20.3 Å². The third-order valence-corrected chi connectivity index (χ3v) is 8.91. The maximum Gasteiger partial charge on any atom is 0.343 e. The van der Waals surface area contributed by atoms with E-state index in [4.69, 9.17) is 13.8 Å². The van der Waals surface area contributed by atoms with Crippen molar-refractivity contribution < 1.29 is 23.1 Å². The molecule has 0 N–H and O–H groups in total. The predicted octanol–water partition coefficient (Wildman–Crippen LogP) is 6.92. The Balaban J connectivity index is 3.69. The molecule has 0 aromatic heterocycles. The maximum absolute atomic E-state index is 13.4. The average molecular weight is 453 g/mol. The standard InChI is InChI=1S/C25H41O5P/c1-12-25(13-2,31(27,29-10)30-11)21(26)15-14-18-16-19(23(3,4)5)17-20(22(18)28-9)24(6,7)8/h14-17H,12-13H2,1-11H3. The number of allylic oxidation sites excluding steroid dienone is 1. The molecule has 0 heterocycles. The lowest BCUT2D eigenvalue weighted by Gasteiger charge is -2.34. The molecule has 0 aliphatic rings. The summed E-state index contributed by atoms with van der Waals surface area (Å²) in [5.41, 5.74) is 2.83. The van der Waals surface area contributed by atoms with E-state index in [0.29, 0.717) is 12.8 Å². The molecule has 0 amide bonds. The number of ether oxygens (including phenoxy) is 1. The van der Waals surface area contributed by atoms with Crippen LogP contribution in [-0.2, 0) is 29.2 Å². The van der Waals surface area contributed by atoms with Gasteiger partial charge in [0.1, 0.15) is 10.9 Å². The highest BCUT2D eigenvalue weighted by molar-refractivity contribution is 7.56. The molecule has 0 unspecified atom stereocenters. The van der Waals surface area contributed by atoms with Gasteiger partial charge in [0.25, 0.3) is 0 Å². The molecule has 31 heavy (non-hydrogen) atoms. The third kappa shape index (κ3) is 5.50. The zero-order chi connectivity index (χ0) is 24.3. The lowest BCUT2D eigenvalue weighted by atomic mass is 9.78. The number of ketones is 1.